The van der Waals surface area contributed by atoms with Crippen molar-refractivity contribution in [2.24, 2.45) is 0 Å². The summed E-state index contributed by atoms with van der Waals surface area (Å²) in [5.41, 5.74) is 2.49. The maximum Gasteiger partial charge on any atom is 0.279 e. The molecule has 1 aromatic heterocycles. The summed E-state index contributed by atoms with van der Waals surface area (Å²) in [6.07, 6.45) is 3.33. The van der Waals surface area contributed by atoms with E-state index >= 15 is 0 Å². The van der Waals surface area contributed by atoms with Crippen molar-refractivity contribution in [1.29, 1.82) is 0 Å². The zero-order valence-corrected chi connectivity index (χ0v) is 15.2. The molecule has 3 rings (SSSR count). The van der Waals surface area contributed by atoms with Gasteiger partial charge >= 0.3 is 0 Å². The lowest BCUT2D eigenvalue weighted by atomic mass is 9.84. The maximum atomic E-state index is 13.4. The van der Waals surface area contributed by atoms with Gasteiger partial charge in [-0.3, -0.25) is 5.10 Å². The van der Waals surface area contributed by atoms with Crippen molar-refractivity contribution in [2.75, 3.05) is 14.1 Å². The van der Waals surface area contributed by atoms with Crippen LogP contribution in [0.4, 0.5) is 4.39 Å². The molecule has 8 heteroatoms. The van der Waals surface area contributed by atoms with Gasteiger partial charge in [0.1, 0.15) is 5.82 Å². The normalized spacial score (nSPS) is 21.6. The van der Waals surface area contributed by atoms with E-state index in [1.54, 1.807) is 6.07 Å². The molecule has 1 saturated carbocycles. The van der Waals surface area contributed by atoms with Crippen LogP contribution in [0.2, 0.25) is 0 Å². The van der Waals surface area contributed by atoms with Gasteiger partial charge in [0, 0.05) is 37.3 Å². The fourth-order valence-electron chi connectivity index (χ4n) is 3.18. The molecule has 2 N–H and O–H groups in total. The highest BCUT2D eigenvalue weighted by Gasteiger charge is 2.27. The second kappa shape index (κ2) is 7.23. The van der Waals surface area contributed by atoms with Gasteiger partial charge in [0.25, 0.3) is 10.2 Å². The molecule has 0 radical (unpaired) electrons. The van der Waals surface area contributed by atoms with Gasteiger partial charge in [-0.15, -0.1) is 0 Å². The lowest BCUT2D eigenvalue weighted by Gasteiger charge is -2.29. The summed E-state index contributed by atoms with van der Waals surface area (Å²) < 4.78 is 41.1. The molecule has 2 aromatic rings. The fourth-order valence-corrected chi connectivity index (χ4v) is 4.05. The second-order valence-corrected chi connectivity index (χ2v) is 8.59. The first-order valence-electron chi connectivity index (χ1n) is 8.36. The van der Waals surface area contributed by atoms with Crippen molar-refractivity contribution >= 4 is 10.2 Å². The number of rotatable bonds is 5. The van der Waals surface area contributed by atoms with Gasteiger partial charge in [-0.1, -0.05) is 12.1 Å². The number of H-pyrrole nitrogens is 1. The van der Waals surface area contributed by atoms with E-state index in [1.165, 1.54) is 30.5 Å². The predicted octanol–water partition coefficient (Wildman–Crippen LogP) is 2.64. The van der Waals surface area contributed by atoms with Crippen molar-refractivity contribution in [1.82, 2.24) is 19.2 Å². The molecule has 0 amide bonds. The van der Waals surface area contributed by atoms with Crippen molar-refractivity contribution < 1.29 is 12.8 Å². The molecule has 0 aliphatic heterocycles. The third kappa shape index (κ3) is 4.26. The van der Waals surface area contributed by atoms with Gasteiger partial charge in [-0.05, 0) is 43.9 Å². The Hall–Kier alpha value is -1.77. The summed E-state index contributed by atoms with van der Waals surface area (Å²) in [5, 5.41) is 7.35. The molecule has 136 valence electrons. The average molecular weight is 366 g/mol. The van der Waals surface area contributed by atoms with Crippen LogP contribution in [0.25, 0.3) is 11.3 Å². The quantitative estimate of drug-likeness (QED) is 0.854. The Labute approximate surface area is 147 Å². The molecule has 0 atom stereocenters. The average Bonchev–Trinajstić information content (AvgIpc) is 3.05. The van der Waals surface area contributed by atoms with Crippen LogP contribution < -0.4 is 4.72 Å². The van der Waals surface area contributed by atoms with Crippen molar-refractivity contribution in [3.8, 4) is 11.3 Å². The molecule has 0 saturated heterocycles. The highest BCUT2D eigenvalue weighted by Crippen LogP contribution is 2.33. The minimum atomic E-state index is -3.39. The number of hydrogen-bond acceptors (Lipinski definition) is 3. The molecular weight excluding hydrogens is 343 g/mol. The van der Waals surface area contributed by atoms with Crippen LogP contribution in [0.5, 0.6) is 0 Å². The zero-order chi connectivity index (χ0) is 18.0. The Morgan fingerprint density at radius 1 is 1.20 bits per heavy atom. The molecular formula is C17H23FN4O2S. The maximum absolute atomic E-state index is 13.4. The number of nitrogens with one attached hydrogen (secondary N) is 2. The van der Waals surface area contributed by atoms with Crippen LogP contribution in [0.3, 0.4) is 0 Å². The molecule has 25 heavy (non-hydrogen) atoms. The minimum absolute atomic E-state index is 0.0331. The third-order valence-corrected chi connectivity index (χ3v) is 6.27. The van der Waals surface area contributed by atoms with E-state index in [0.717, 1.165) is 42.6 Å². The summed E-state index contributed by atoms with van der Waals surface area (Å²) >= 11 is 0. The second-order valence-electron chi connectivity index (χ2n) is 6.67. The van der Waals surface area contributed by atoms with E-state index in [-0.39, 0.29) is 11.9 Å². The lowest BCUT2D eigenvalue weighted by Crippen LogP contribution is -2.43. The van der Waals surface area contributed by atoms with Gasteiger partial charge in [-0.25, -0.2) is 4.39 Å². The lowest BCUT2D eigenvalue weighted by molar-refractivity contribution is 0.363. The first-order chi connectivity index (χ1) is 11.8. The predicted molar refractivity (Wildman–Crippen MR) is 94.7 cm³/mol. The summed E-state index contributed by atoms with van der Waals surface area (Å²) in [4.78, 5) is 0. The topological polar surface area (TPSA) is 78.1 Å². The number of aromatic amines is 1. The smallest absolute Gasteiger partial charge is 0.279 e. The first-order valence-corrected chi connectivity index (χ1v) is 9.80. The molecule has 1 heterocycles. The van der Waals surface area contributed by atoms with E-state index in [2.05, 4.69) is 14.9 Å². The standard InChI is InChI=1S/C17H23FN4O2S/c1-22(2)25(23,24)21-15-8-6-12(7-9-15)16-11-17(20-19-16)13-4-3-5-14(18)10-13/h3-5,10-12,15,21H,6-9H2,1-2H3,(H,19,20). The Balaban J connectivity index is 1.62. The van der Waals surface area contributed by atoms with Crippen LogP contribution in [0.15, 0.2) is 30.3 Å². The fraction of sp³-hybridized carbons (Fsp3) is 0.471. The Morgan fingerprint density at radius 2 is 1.92 bits per heavy atom. The van der Waals surface area contributed by atoms with Crippen LogP contribution in [-0.4, -0.2) is 43.1 Å². The van der Waals surface area contributed by atoms with E-state index in [0.29, 0.717) is 5.92 Å². The minimum Gasteiger partial charge on any atom is -0.282 e. The highest BCUT2D eigenvalue weighted by atomic mass is 32.2. The first kappa shape index (κ1) is 18.0. The SMILES string of the molecule is CN(C)S(=O)(=O)NC1CCC(c2cc(-c3cccc(F)c3)n[nH]2)CC1. The van der Waals surface area contributed by atoms with E-state index < -0.39 is 10.2 Å². The summed E-state index contributed by atoms with van der Waals surface area (Å²) in [7, 11) is -0.348. The molecule has 1 aromatic carbocycles. The van der Waals surface area contributed by atoms with Crippen LogP contribution in [0, 0.1) is 5.82 Å². The number of hydrogen-bond donors (Lipinski definition) is 2. The molecule has 1 fully saturated rings. The molecule has 0 spiro atoms. The molecule has 1 aliphatic rings. The molecule has 6 nitrogen and oxygen atoms in total. The van der Waals surface area contributed by atoms with Crippen LogP contribution in [-0.2, 0) is 10.2 Å². The Kier molecular flexibility index (Phi) is 5.21. The number of nitrogens with zero attached hydrogens (tertiary/aromatic N) is 2. The van der Waals surface area contributed by atoms with E-state index in [1.807, 2.05) is 12.1 Å². The Bertz CT molecular complexity index is 827. The molecule has 0 bridgehead atoms. The monoisotopic (exact) mass is 366 g/mol. The number of aromatic nitrogens is 2. The summed E-state index contributed by atoms with van der Waals surface area (Å²) in [5.74, 6) is 0.0330. The molecule has 1 aliphatic carbocycles. The highest BCUT2D eigenvalue weighted by molar-refractivity contribution is 7.87. The van der Waals surface area contributed by atoms with Gasteiger partial charge in [0.15, 0.2) is 0 Å². The summed E-state index contributed by atoms with van der Waals surface area (Å²) in [6, 6.07) is 8.30. The van der Waals surface area contributed by atoms with Crippen molar-refractivity contribution in [3.05, 3.63) is 41.8 Å². The van der Waals surface area contributed by atoms with Gasteiger partial charge in [0.05, 0.1) is 5.69 Å². The third-order valence-electron chi connectivity index (χ3n) is 4.68. The molecule has 0 unspecified atom stereocenters. The summed E-state index contributed by atoms with van der Waals surface area (Å²) in [6.45, 7) is 0. The van der Waals surface area contributed by atoms with Crippen molar-refractivity contribution in [2.45, 2.75) is 37.6 Å². The van der Waals surface area contributed by atoms with Gasteiger partial charge < -0.3 is 0 Å². The van der Waals surface area contributed by atoms with Gasteiger partial charge in [0.2, 0.25) is 0 Å². The number of benzene rings is 1. The van der Waals surface area contributed by atoms with E-state index in [4.69, 9.17) is 0 Å². The zero-order valence-electron chi connectivity index (χ0n) is 14.4. The van der Waals surface area contributed by atoms with E-state index in [9.17, 15) is 12.8 Å². The Morgan fingerprint density at radius 3 is 2.56 bits per heavy atom. The van der Waals surface area contributed by atoms with Crippen LogP contribution in [0.1, 0.15) is 37.3 Å². The van der Waals surface area contributed by atoms with Crippen LogP contribution >= 0.6 is 0 Å². The van der Waals surface area contributed by atoms with Crippen molar-refractivity contribution in [3.63, 3.8) is 0 Å². The largest absolute Gasteiger partial charge is 0.282 e. The number of halogens is 1. The van der Waals surface area contributed by atoms with Gasteiger partial charge in [-0.2, -0.15) is 22.5 Å².